The molecule has 0 spiro atoms. The molecule has 1 rings (SSSR count). The van der Waals surface area contributed by atoms with Gasteiger partial charge in [-0.2, -0.15) is 0 Å². The maximum absolute atomic E-state index is 14.8. The number of hydrogen-bond donors (Lipinski definition) is 1. The molecule has 1 aromatic rings. The topological polar surface area (TPSA) is 26.0 Å². The first kappa shape index (κ1) is 14.2. The van der Waals surface area contributed by atoms with Gasteiger partial charge in [0.15, 0.2) is 0 Å². The van der Waals surface area contributed by atoms with Gasteiger partial charge in [0.1, 0.15) is 5.67 Å². The summed E-state index contributed by atoms with van der Waals surface area (Å²) in [4.78, 5) is 0. The molecule has 1 aromatic carbocycles. The Morgan fingerprint density at radius 2 is 1.53 bits per heavy atom. The molecular formula is C15H24FN. The van der Waals surface area contributed by atoms with Crippen molar-refractivity contribution >= 4 is 0 Å². The van der Waals surface area contributed by atoms with Gasteiger partial charge in [-0.25, -0.2) is 4.39 Å². The number of nitrogens with two attached hydrogens (primary N) is 1. The van der Waals surface area contributed by atoms with E-state index in [1.807, 2.05) is 32.9 Å². The second-order valence-electron chi connectivity index (χ2n) is 5.77. The van der Waals surface area contributed by atoms with Crippen LogP contribution in [0.2, 0.25) is 0 Å². The van der Waals surface area contributed by atoms with E-state index in [0.29, 0.717) is 6.42 Å². The SMILES string of the molecule is CCc1ccc(CC(F)(CN)C(C)(C)C)cc1. The van der Waals surface area contributed by atoms with Gasteiger partial charge in [0.2, 0.25) is 0 Å². The van der Waals surface area contributed by atoms with Crippen molar-refractivity contribution < 1.29 is 4.39 Å². The highest BCUT2D eigenvalue weighted by Gasteiger charge is 2.41. The van der Waals surface area contributed by atoms with Crippen molar-refractivity contribution in [2.24, 2.45) is 11.1 Å². The molecule has 17 heavy (non-hydrogen) atoms. The van der Waals surface area contributed by atoms with E-state index < -0.39 is 11.1 Å². The first-order valence-corrected chi connectivity index (χ1v) is 6.29. The number of halogens is 1. The van der Waals surface area contributed by atoms with Crippen LogP contribution in [-0.4, -0.2) is 12.2 Å². The van der Waals surface area contributed by atoms with Gasteiger partial charge < -0.3 is 5.73 Å². The minimum Gasteiger partial charge on any atom is -0.327 e. The number of benzene rings is 1. The third-order valence-electron chi connectivity index (χ3n) is 3.58. The number of aryl methyl sites for hydroxylation is 1. The van der Waals surface area contributed by atoms with Crippen LogP contribution in [0.4, 0.5) is 4.39 Å². The minimum absolute atomic E-state index is 0.0615. The largest absolute Gasteiger partial charge is 0.327 e. The van der Waals surface area contributed by atoms with Gasteiger partial charge in [0.05, 0.1) is 0 Å². The van der Waals surface area contributed by atoms with Gasteiger partial charge in [-0.15, -0.1) is 0 Å². The molecule has 0 aromatic heterocycles. The molecule has 0 aliphatic carbocycles. The molecule has 1 nitrogen and oxygen atoms in total. The Balaban J connectivity index is 2.87. The monoisotopic (exact) mass is 237 g/mol. The van der Waals surface area contributed by atoms with Crippen molar-refractivity contribution in [2.45, 2.75) is 46.2 Å². The summed E-state index contributed by atoms with van der Waals surface area (Å²) < 4.78 is 14.8. The quantitative estimate of drug-likeness (QED) is 0.852. The third-order valence-corrected chi connectivity index (χ3v) is 3.58. The van der Waals surface area contributed by atoms with Crippen LogP contribution in [0, 0.1) is 5.41 Å². The summed E-state index contributed by atoms with van der Waals surface area (Å²) in [6, 6.07) is 8.15. The van der Waals surface area contributed by atoms with E-state index in [1.165, 1.54) is 5.56 Å². The molecule has 0 radical (unpaired) electrons. The molecule has 0 aliphatic heterocycles. The van der Waals surface area contributed by atoms with Crippen LogP contribution < -0.4 is 5.73 Å². The van der Waals surface area contributed by atoms with E-state index in [2.05, 4.69) is 19.1 Å². The fourth-order valence-electron chi connectivity index (χ4n) is 1.86. The van der Waals surface area contributed by atoms with Gasteiger partial charge in [0.25, 0.3) is 0 Å². The summed E-state index contributed by atoms with van der Waals surface area (Å²) in [6.07, 6.45) is 1.40. The zero-order chi connectivity index (χ0) is 13.1. The van der Waals surface area contributed by atoms with E-state index in [0.717, 1.165) is 12.0 Å². The fourth-order valence-corrected chi connectivity index (χ4v) is 1.86. The Bertz CT molecular complexity index is 350. The highest BCUT2D eigenvalue weighted by atomic mass is 19.1. The van der Waals surface area contributed by atoms with Crippen molar-refractivity contribution in [3.63, 3.8) is 0 Å². The normalized spacial score (nSPS) is 15.6. The number of alkyl halides is 1. The van der Waals surface area contributed by atoms with Crippen molar-refractivity contribution in [1.29, 1.82) is 0 Å². The van der Waals surface area contributed by atoms with E-state index in [9.17, 15) is 4.39 Å². The summed E-state index contributed by atoms with van der Waals surface area (Å²) in [5.74, 6) is 0. The van der Waals surface area contributed by atoms with E-state index in [4.69, 9.17) is 5.73 Å². The van der Waals surface area contributed by atoms with Crippen molar-refractivity contribution in [1.82, 2.24) is 0 Å². The molecule has 0 heterocycles. The molecule has 0 aliphatic rings. The van der Waals surface area contributed by atoms with Crippen LogP contribution in [0.1, 0.15) is 38.8 Å². The maximum Gasteiger partial charge on any atom is 0.132 e. The van der Waals surface area contributed by atoms with Crippen molar-refractivity contribution in [3.8, 4) is 0 Å². The molecule has 0 bridgehead atoms. The van der Waals surface area contributed by atoms with Gasteiger partial charge in [-0.1, -0.05) is 52.0 Å². The lowest BCUT2D eigenvalue weighted by atomic mass is 9.74. The average molecular weight is 237 g/mol. The lowest BCUT2D eigenvalue weighted by Crippen LogP contribution is -2.47. The summed E-state index contributed by atoms with van der Waals surface area (Å²) in [7, 11) is 0. The molecular weight excluding hydrogens is 213 g/mol. The lowest BCUT2D eigenvalue weighted by Gasteiger charge is -2.37. The highest BCUT2D eigenvalue weighted by molar-refractivity contribution is 5.24. The fraction of sp³-hybridized carbons (Fsp3) is 0.600. The van der Waals surface area contributed by atoms with Crippen molar-refractivity contribution in [2.75, 3.05) is 6.54 Å². The number of hydrogen-bond acceptors (Lipinski definition) is 1. The summed E-state index contributed by atoms with van der Waals surface area (Å²) in [5.41, 5.74) is 6.13. The molecule has 1 atom stereocenters. The smallest absolute Gasteiger partial charge is 0.132 e. The Morgan fingerprint density at radius 3 is 1.88 bits per heavy atom. The lowest BCUT2D eigenvalue weighted by molar-refractivity contribution is 0.0382. The Labute approximate surface area is 104 Å². The molecule has 0 amide bonds. The van der Waals surface area contributed by atoms with E-state index >= 15 is 0 Å². The maximum atomic E-state index is 14.8. The van der Waals surface area contributed by atoms with E-state index in [-0.39, 0.29) is 6.54 Å². The van der Waals surface area contributed by atoms with Crippen LogP contribution in [0.5, 0.6) is 0 Å². The summed E-state index contributed by atoms with van der Waals surface area (Å²) in [5, 5.41) is 0. The summed E-state index contributed by atoms with van der Waals surface area (Å²) >= 11 is 0. The zero-order valence-electron chi connectivity index (χ0n) is 11.4. The van der Waals surface area contributed by atoms with Gasteiger partial charge in [-0.05, 0) is 23.0 Å². The average Bonchev–Trinajstić information content (AvgIpc) is 2.28. The van der Waals surface area contributed by atoms with Crippen LogP contribution in [0.25, 0.3) is 0 Å². The second-order valence-corrected chi connectivity index (χ2v) is 5.77. The summed E-state index contributed by atoms with van der Waals surface area (Å²) in [6.45, 7) is 7.89. The molecule has 96 valence electrons. The molecule has 2 N–H and O–H groups in total. The predicted octanol–water partition coefficient (Wildman–Crippen LogP) is 3.50. The standard InChI is InChI=1S/C15H24FN/c1-5-12-6-8-13(9-7-12)10-15(16,11-17)14(2,3)4/h6-9H,5,10-11,17H2,1-4H3. The number of rotatable bonds is 4. The van der Waals surface area contributed by atoms with Crippen LogP contribution >= 0.6 is 0 Å². The molecule has 2 heteroatoms. The van der Waals surface area contributed by atoms with Gasteiger partial charge in [-0.3, -0.25) is 0 Å². The molecule has 0 fully saturated rings. The molecule has 0 saturated carbocycles. The van der Waals surface area contributed by atoms with Crippen LogP contribution in [-0.2, 0) is 12.8 Å². The highest BCUT2D eigenvalue weighted by Crippen LogP contribution is 2.36. The molecule has 0 saturated heterocycles. The van der Waals surface area contributed by atoms with Gasteiger partial charge in [0, 0.05) is 13.0 Å². The Morgan fingerprint density at radius 1 is 1.06 bits per heavy atom. The first-order chi connectivity index (χ1) is 7.82. The second kappa shape index (κ2) is 5.18. The Kier molecular flexibility index (Phi) is 4.31. The third kappa shape index (κ3) is 3.29. The van der Waals surface area contributed by atoms with Crippen LogP contribution in [0.15, 0.2) is 24.3 Å². The molecule has 1 unspecified atom stereocenters. The van der Waals surface area contributed by atoms with Crippen molar-refractivity contribution in [3.05, 3.63) is 35.4 Å². The predicted molar refractivity (Wildman–Crippen MR) is 71.9 cm³/mol. The van der Waals surface area contributed by atoms with Gasteiger partial charge >= 0.3 is 0 Å². The van der Waals surface area contributed by atoms with E-state index in [1.54, 1.807) is 0 Å². The zero-order valence-corrected chi connectivity index (χ0v) is 11.4. The first-order valence-electron chi connectivity index (χ1n) is 6.29. The Hall–Kier alpha value is -0.890. The van der Waals surface area contributed by atoms with Crippen LogP contribution in [0.3, 0.4) is 0 Å². The minimum atomic E-state index is -1.35.